The molecule has 1 aliphatic carbocycles. The first-order chi connectivity index (χ1) is 9.63. The van der Waals surface area contributed by atoms with Crippen molar-refractivity contribution in [2.45, 2.75) is 57.3 Å². The monoisotopic (exact) mass is 282 g/mol. The van der Waals surface area contributed by atoms with Gasteiger partial charge in [0.15, 0.2) is 0 Å². The van der Waals surface area contributed by atoms with E-state index >= 15 is 0 Å². The highest BCUT2D eigenvalue weighted by Gasteiger charge is 2.24. The van der Waals surface area contributed by atoms with Gasteiger partial charge in [0.1, 0.15) is 11.6 Å². The molecule has 1 atom stereocenters. The fraction of sp³-hybridized carbons (Fsp3) is 0.625. The number of aliphatic hydroxyl groups excluding tert-OH is 1. The Morgan fingerprint density at radius 3 is 2.60 bits per heavy atom. The zero-order valence-corrected chi connectivity index (χ0v) is 12.1. The second-order valence-electron chi connectivity index (χ2n) is 5.35. The summed E-state index contributed by atoms with van der Waals surface area (Å²) in [5.74, 6) is 0.385. The predicted molar refractivity (Wildman–Crippen MR) is 75.3 cm³/mol. The van der Waals surface area contributed by atoms with Crippen molar-refractivity contribution in [2.75, 3.05) is 7.11 Å². The van der Waals surface area contributed by atoms with E-state index < -0.39 is 0 Å². The van der Waals surface area contributed by atoms with E-state index in [1.54, 1.807) is 13.2 Å². The van der Waals surface area contributed by atoms with Crippen molar-refractivity contribution in [3.05, 3.63) is 29.6 Å². The van der Waals surface area contributed by atoms with Crippen LogP contribution in [0.4, 0.5) is 4.39 Å². The summed E-state index contributed by atoms with van der Waals surface area (Å²) in [6.45, 7) is 2.02. The third-order valence-corrected chi connectivity index (χ3v) is 3.91. The van der Waals surface area contributed by atoms with Gasteiger partial charge in [-0.05, 0) is 50.3 Å². The van der Waals surface area contributed by atoms with Gasteiger partial charge in [0, 0.05) is 5.56 Å². The van der Waals surface area contributed by atoms with E-state index in [2.05, 4.69) is 0 Å². The van der Waals surface area contributed by atoms with Crippen LogP contribution in [0.1, 0.15) is 50.7 Å². The topological polar surface area (TPSA) is 38.7 Å². The molecule has 1 saturated carbocycles. The van der Waals surface area contributed by atoms with Crippen LogP contribution in [0.3, 0.4) is 0 Å². The van der Waals surface area contributed by atoms with Crippen LogP contribution in [0, 0.1) is 5.82 Å². The van der Waals surface area contributed by atoms with Crippen LogP contribution in [0.5, 0.6) is 5.75 Å². The van der Waals surface area contributed by atoms with Crippen LogP contribution in [-0.4, -0.2) is 24.4 Å². The van der Waals surface area contributed by atoms with E-state index in [4.69, 9.17) is 9.47 Å². The normalized spacial score (nSPS) is 24.4. The first-order valence-corrected chi connectivity index (χ1v) is 7.31. The molecule has 2 rings (SSSR count). The lowest BCUT2D eigenvalue weighted by atomic mass is 9.94. The minimum Gasteiger partial charge on any atom is -0.496 e. The Bertz CT molecular complexity index is 428. The Labute approximate surface area is 119 Å². The predicted octanol–water partition coefficient (Wildman–Crippen LogP) is 3.61. The molecule has 1 aromatic rings. The lowest BCUT2D eigenvalue weighted by Gasteiger charge is -2.30. The molecule has 4 heteroatoms. The van der Waals surface area contributed by atoms with E-state index in [-0.39, 0.29) is 24.1 Å². The van der Waals surface area contributed by atoms with Gasteiger partial charge in [-0.2, -0.15) is 0 Å². The molecule has 0 bridgehead atoms. The highest BCUT2D eigenvalue weighted by Crippen LogP contribution is 2.34. The summed E-state index contributed by atoms with van der Waals surface area (Å²) >= 11 is 0. The first-order valence-electron chi connectivity index (χ1n) is 7.31. The highest BCUT2D eigenvalue weighted by molar-refractivity contribution is 5.35. The molecule has 1 aromatic carbocycles. The first kappa shape index (κ1) is 15.3. The molecule has 0 amide bonds. The van der Waals surface area contributed by atoms with Gasteiger partial charge in [-0.3, -0.25) is 0 Å². The van der Waals surface area contributed by atoms with E-state index in [1.165, 1.54) is 12.1 Å². The molecule has 1 aliphatic rings. The average molecular weight is 282 g/mol. The molecular formula is C16H23FO3. The fourth-order valence-corrected chi connectivity index (χ4v) is 2.76. The largest absolute Gasteiger partial charge is 0.496 e. The Hall–Kier alpha value is -1.13. The molecule has 112 valence electrons. The van der Waals surface area contributed by atoms with Crippen molar-refractivity contribution in [3.63, 3.8) is 0 Å². The van der Waals surface area contributed by atoms with E-state index in [9.17, 15) is 9.50 Å². The number of aliphatic hydroxyl groups is 1. The number of rotatable bonds is 5. The van der Waals surface area contributed by atoms with Crippen LogP contribution in [-0.2, 0) is 4.74 Å². The minimum absolute atomic E-state index is 0.135. The van der Waals surface area contributed by atoms with Crippen LogP contribution < -0.4 is 4.74 Å². The van der Waals surface area contributed by atoms with Crippen molar-refractivity contribution in [1.29, 1.82) is 0 Å². The van der Waals surface area contributed by atoms with Crippen LogP contribution >= 0.6 is 0 Å². The lowest BCUT2D eigenvalue weighted by molar-refractivity contribution is -0.0515. The third-order valence-electron chi connectivity index (χ3n) is 3.91. The number of benzene rings is 1. The van der Waals surface area contributed by atoms with Crippen molar-refractivity contribution in [1.82, 2.24) is 0 Å². The molecule has 1 fully saturated rings. The average Bonchev–Trinajstić information content (AvgIpc) is 2.46. The van der Waals surface area contributed by atoms with E-state index in [0.717, 1.165) is 37.7 Å². The molecule has 0 unspecified atom stereocenters. The quantitative estimate of drug-likeness (QED) is 0.896. The van der Waals surface area contributed by atoms with Gasteiger partial charge in [0.25, 0.3) is 0 Å². The summed E-state index contributed by atoms with van der Waals surface area (Å²) in [6.07, 6.45) is 3.81. The summed E-state index contributed by atoms with van der Waals surface area (Å²) in [7, 11) is 1.58. The number of hydrogen-bond donors (Lipinski definition) is 1. The molecule has 20 heavy (non-hydrogen) atoms. The number of ether oxygens (including phenoxy) is 2. The lowest BCUT2D eigenvalue weighted by Crippen LogP contribution is -2.26. The van der Waals surface area contributed by atoms with Gasteiger partial charge in [-0.25, -0.2) is 4.39 Å². The van der Waals surface area contributed by atoms with Gasteiger partial charge in [0.05, 0.1) is 25.4 Å². The van der Waals surface area contributed by atoms with Gasteiger partial charge in [-0.1, -0.05) is 6.92 Å². The summed E-state index contributed by atoms with van der Waals surface area (Å²) in [4.78, 5) is 0. The third kappa shape index (κ3) is 3.70. The maximum absolute atomic E-state index is 13.5. The van der Waals surface area contributed by atoms with Gasteiger partial charge in [0.2, 0.25) is 0 Å². The van der Waals surface area contributed by atoms with E-state index in [0.29, 0.717) is 5.75 Å². The molecule has 3 nitrogen and oxygen atoms in total. The van der Waals surface area contributed by atoms with Crippen molar-refractivity contribution in [3.8, 4) is 5.75 Å². The Morgan fingerprint density at radius 1 is 1.30 bits per heavy atom. The standard InChI is InChI=1S/C16H23FO3/c1-3-15(20-13-7-5-12(18)6-8-13)14-10-11(17)4-9-16(14)19-2/h4,9-10,12-13,15,18H,3,5-8H2,1-2H3/t12?,13?,15-/m0/s1. The summed E-state index contributed by atoms with van der Waals surface area (Å²) < 4.78 is 24.9. The molecule has 0 heterocycles. The zero-order chi connectivity index (χ0) is 14.5. The van der Waals surface area contributed by atoms with Gasteiger partial charge >= 0.3 is 0 Å². The minimum atomic E-state index is -0.276. The van der Waals surface area contributed by atoms with Crippen LogP contribution in [0.15, 0.2) is 18.2 Å². The Morgan fingerprint density at radius 2 is 2.00 bits per heavy atom. The van der Waals surface area contributed by atoms with Gasteiger partial charge < -0.3 is 14.6 Å². The van der Waals surface area contributed by atoms with E-state index in [1.807, 2.05) is 6.92 Å². The zero-order valence-electron chi connectivity index (χ0n) is 12.1. The molecule has 0 aromatic heterocycles. The summed E-state index contributed by atoms with van der Waals surface area (Å²) in [5, 5.41) is 9.53. The molecular weight excluding hydrogens is 259 g/mol. The molecule has 0 saturated heterocycles. The molecule has 0 radical (unpaired) electrons. The molecule has 1 N–H and O–H groups in total. The summed E-state index contributed by atoms with van der Waals surface area (Å²) in [5.41, 5.74) is 0.765. The fourth-order valence-electron chi connectivity index (χ4n) is 2.76. The second-order valence-corrected chi connectivity index (χ2v) is 5.35. The SMILES string of the molecule is CC[C@H](OC1CCC(O)CC1)c1cc(F)ccc1OC. The van der Waals surface area contributed by atoms with Crippen molar-refractivity contribution in [2.24, 2.45) is 0 Å². The molecule has 0 spiro atoms. The Balaban J connectivity index is 2.09. The van der Waals surface area contributed by atoms with Crippen LogP contribution in [0.25, 0.3) is 0 Å². The smallest absolute Gasteiger partial charge is 0.124 e. The van der Waals surface area contributed by atoms with Crippen molar-refractivity contribution < 1.29 is 19.0 Å². The maximum Gasteiger partial charge on any atom is 0.124 e. The van der Waals surface area contributed by atoms with Crippen molar-refractivity contribution >= 4 is 0 Å². The molecule has 0 aliphatic heterocycles. The number of halogens is 1. The maximum atomic E-state index is 13.5. The Kier molecular flexibility index (Phi) is 5.38. The second kappa shape index (κ2) is 7.04. The summed E-state index contributed by atoms with van der Waals surface area (Å²) in [6, 6.07) is 4.53. The highest BCUT2D eigenvalue weighted by atomic mass is 19.1. The van der Waals surface area contributed by atoms with Gasteiger partial charge in [-0.15, -0.1) is 0 Å². The number of hydrogen-bond acceptors (Lipinski definition) is 3. The number of methoxy groups -OCH3 is 1. The van der Waals surface area contributed by atoms with Crippen LogP contribution in [0.2, 0.25) is 0 Å².